The molecule has 1 saturated heterocycles. The molecule has 4 nitrogen and oxygen atoms in total. The molecule has 1 aromatic heterocycles. The first kappa shape index (κ1) is 10.7. The highest BCUT2D eigenvalue weighted by molar-refractivity contribution is 7.99. The molecule has 0 N–H and O–H groups in total. The first-order valence-corrected chi connectivity index (χ1v) is 6.37. The second-order valence-corrected chi connectivity index (χ2v) is 4.96. The van der Waals surface area contributed by atoms with Crippen molar-refractivity contribution in [3.63, 3.8) is 0 Å². The number of carbonyl (C=O) groups excluding carboxylic acids is 1. The van der Waals surface area contributed by atoms with E-state index in [-0.39, 0.29) is 6.42 Å². The van der Waals surface area contributed by atoms with Crippen molar-refractivity contribution >= 4 is 18.0 Å². The topological polar surface area (TPSA) is 56.0 Å². The number of aromatic nitrogens is 2. The molecule has 1 aromatic rings. The van der Waals surface area contributed by atoms with E-state index >= 15 is 0 Å². The van der Waals surface area contributed by atoms with Gasteiger partial charge in [-0.25, -0.2) is 0 Å². The van der Waals surface area contributed by atoms with Gasteiger partial charge in [-0.1, -0.05) is 5.16 Å². The molecule has 0 spiro atoms. The summed E-state index contributed by atoms with van der Waals surface area (Å²) in [6, 6.07) is 0. The summed E-state index contributed by atoms with van der Waals surface area (Å²) in [6.45, 7) is 0. The van der Waals surface area contributed by atoms with E-state index in [9.17, 15) is 4.79 Å². The summed E-state index contributed by atoms with van der Waals surface area (Å²) in [4.78, 5) is 14.4. The zero-order valence-electron chi connectivity index (χ0n) is 8.52. The summed E-state index contributed by atoms with van der Waals surface area (Å²) in [5.41, 5.74) is 0. The SMILES string of the molecule is O=CCc1noc(CC2CCSCC2)n1. The van der Waals surface area contributed by atoms with E-state index < -0.39 is 0 Å². The molecular weight excluding hydrogens is 212 g/mol. The minimum Gasteiger partial charge on any atom is -0.339 e. The second-order valence-electron chi connectivity index (χ2n) is 3.74. The predicted octanol–water partition coefficient (Wildman–Crippen LogP) is 1.50. The normalized spacial score (nSPS) is 17.9. The van der Waals surface area contributed by atoms with Crippen molar-refractivity contribution in [2.75, 3.05) is 11.5 Å². The van der Waals surface area contributed by atoms with E-state index in [1.165, 1.54) is 24.3 Å². The molecule has 1 fully saturated rings. The average Bonchev–Trinajstić information content (AvgIpc) is 2.68. The first-order valence-electron chi connectivity index (χ1n) is 5.21. The molecule has 82 valence electrons. The molecule has 1 aliphatic heterocycles. The fraction of sp³-hybridized carbons (Fsp3) is 0.700. The Labute approximate surface area is 92.8 Å². The van der Waals surface area contributed by atoms with Gasteiger partial charge in [-0.15, -0.1) is 0 Å². The quantitative estimate of drug-likeness (QED) is 0.728. The summed E-state index contributed by atoms with van der Waals surface area (Å²) >= 11 is 2.01. The molecule has 0 aromatic carbocycles. The van der Waals surface area contributed by atoms with Gasteiger partial charge >= 0.3 is 0 Å². The Bertz CT molecular complexity index is 321. The summed E-state index contributed by atoms with van der Waals surface area (Å²) in [5, 5.41) is 3.75. The van der Waals surface area contributed by atoms with Gasteiger partial charge < -0.3 is 9.32 Å². The Morgan fingerprint density at radius 1 is 1.47 bits per heavy atom. The number of carbonyl (C=O) groups is 1. The van der Waals surface area contributed by atoms with Crippen LogP contribution in [0.2, 0.25) is 0 Å². The number of rotatable bonds is 4. The molecule has 0 atom stereocenters. The summed E-state index contributed by atoms with van der Waals surface area (Å²) in [5.74, 6) is 4.34. The zero-order valence-corrected chi connectivity index (χ0v) is 9.33. The van der Waals surface area contributed by atoms with E-state index in [0.29, 0.717) is 17.6 Å². The van der Waals surface area contributed by atoms with Gasteiger partial charge in [0.2, 0.25) is 5.89 Å². The minimum absolute atomic E-state index is 0.254. The second kappa shape index (κ2) is 5.30. The molecule has 0 saturated carbocycles. The lowest BCUT2D eigenvalue weighted by Gasteiger charge is -2.19. The standard InChI is InChI=1S/C10H14N2O2S/c13-4-1-9-11-10(14-12-9)7-8-2-5-15-6-3-8/h4,8H,1-3,5-7H2. The smallest absolute Gasteiger partial charge is 0.226 e. The van der Waals surface area contributed by atoms with Crippen molar-refractivity contribution in [1.29, 1.82) is 0 Å². The molecule has 0 bridgehead atoms. The van der Waals surface area contributed by atoms with Crippen molar-refractivity contribution in [1.82, 2.24) is 10.1 Å². The monoisotopic (exact) mass is 226 g/mol. The van der Waals surface area contributed by atoms with E-state index in [0.717, 1.165) is 12.7 Å². The van der Waals surface area contributed by atoms with Crippen molar-refractivity contribution < 1.29 is 9.32 Å². The van der Waals surface area contributed by atoms with Crippen LogP contribution in [-0.4, -0.2) is 27.9 Å². The summed E-state index contributed by atoms with van der Waals surface area (Å²) in [6.07, 6.45) is 4.38. The summed E-state index contributed by atoms with van der Waals surface area (Å²) < 4.78 is 5.09. The molecule has 5 heteroatoms. The Kier molecular flexibility index (Phi) is 3.77. The van der Waals surface area contributed by atoms with Crippen LogP contribution < -0.4 is 0 Å². The van der Waals surface area contributed by atoms with Crippen LogP contribution in [0.1, 0.15) is 24.6 Å². The first-order chi connectivity index (χ1) is 7.38. The maximum absolute atomic E-state index is 10.2. The molecular formula is C10H14N2O2S. The van der Waals surface area contributed by atoms with Crippen LogP contribution in [0, 0.1) is 5.92 Å². The van der Waals surface area contributed by atoms with E-state index in [1.54, 1.807) is 0 Å². The molecule has 2 rings (SSSR count). The number of aldehydes is 1. The van der Waals surface area contributed by atoms with Gasteiger partial charge in [-0.2, -0.15) is 16.7 Å². The van der Waals surface area contributed by atoms with Crippen molar-refractivity contribution in [3.8, 4) is 0 Å². The Hall–Kier alpha value is -0.840. The van der Waals surface area contributed by atoms with Crippen LogP contribution in [0.25, 0.3) is 0 Å². The molecule has 0 radical (unpaired) electrons. The van der Waals surface area contributed by atoms with Gasteiger partial charge in [0.25, 0.3) is 0 Å². The van der Waals surface area contributed by atoms with Crippen molar-refractivity contribution in [3.05, 3.63) is 11.7 Å². The average molecular weight is 226 g/mol. The van der Waals surface area contributed by atoms with Crippen LogP contribution in [0.4, 0.5) is 0 Å². The largest absolute Gasteiger partial charge is 0.339 e. The number of hydrogen-bond acceptors (Lipinski definition) is 5. The molecule has 2 heterocycles. The van der Waals surface area contributed by atoms with E-state index in [4.69, 9.17) is 4.52 Å². The third kappa shape index (κ3) is 3.06. The molecule has 0 unspecified atom stereocenters. The van der Waals surface area contributed by atoms with Gasteiger partial charge in [-0.3, -0.25) is 0 Å². The highest BCUT2D eigenvalue weighted by Crippen LogP contribution is 2.25. The van der Waals surface area contributed by atoms with Crippen LogP contribution >= 0.6 is 11.8 Å². The van der Waals surface area contributed by atoms with Crippen LogP contribution in [0.5, 0.6) is 0 Å². The highest BCUT2D eigenvalue weighted by atomic mass is 32.2. The molecule has 1 aliphatic rings. The van der Waals surface area contributed by atoms with Gasteiger partial charge in [0, 0.05) is 6.42 Å². The third-order valence-electron chi connectivity index (χ3n) is 2.58. The highest BCUT2D eigenvalue weighted by Gasteiger charge is 2.17. The maximum atomic E-state index is 10.2. The lowest BCUT2D eigenvalue weighted by molar-refractivity contribution is -0.107. The summed E-state index contributed by atoms with van der Waals surface area (Å²) in [7, 11) is 0. The Morgan fingerprint density at radius 3 is 3.00 bits per heavy atom. The molecule has 0 aliphatic carbocycles. The van der Waals surface area contributed by atoms with Crippen LogP contribution in [0.3, 0.4) is 0 Å². The van der Waals surface area contributed by atoms with Crippen molar-refractivity contribution in [2.45, 2.75) is 25.7 Å². The number of thioether (sulfide) groups is 1. The number of hydrogen-bond donors (Lipinski definition) is 0. The minimum atomic E-state index is 0.254. The van der Waals surface area contributed by atoms with Crippen molar-refractivity contribution in [2.24, 2.45) is 5.92 Å². The molecule has 15 heavy (non-hydrogen) atoms. The van der Waals surface area contributed by atoms with Gasteiger partial charge in [0.15, 0.2) is 5.82 Å². The molecule has 0 amide bonds. The van der Waals surface area contributed by atoms with E-state index in [1.807, 2.05) is 11.8 Å². The maximum Gasteiger partial charge on any atom is 0.226 e. The fourth-order valence-corrected chi connectivity index (χ4v) is 2.93. The Balaban J connectivity index is 1.88. The number of nitrogens with zero attached hydrogens (tertiary/aromatic N) is 2. The Morgan fingerprint density at radius 2 is 2.27 bits per heavy atom. The predicted molar refractivity (Wildman–Crippen MR) is 57.8 cm³/mol. The van der Waals surface area contributed by atoms with Crippen LogP contribution in [0.15, 0.2) is 4.52 Å². The van der Waals surface area contributed by atoms with Crippen LogP contribution in [-0.2, 0) is 17.6 Å². The van der Waals surface area contributed by atoms with E-state index in [2.05, 4.69) is 10.1 Å². The lowest BCUT2D eigenvalue weighted by atomic mass is 9.99. The third-order valence-corrected chi connectivity index (χ3v) is 3.63. The van der Waals surface area contributed by atoms with Gasteiger partial charge in [0.1, 0.15) is 6.29 Å². The zero-order chi connectivity index (χ0) is 10.5. The lowest BCUT2D eigenvalue weighted by Crippen LogP contribution is -2.12. The fourth-order valence-electron chi connectivity index (χ4n) is 1.73. The van der Waals surface area contributed by atoms with Gasteiger partial charge in [-0.05, 0) is 30.3 Å². The van der Waals surface area contributed by atoms with Gasteiger partial charge in [0.05, 0.1) is 6.42 Å².